The molecule has 0 bridgehead atoms. The topological polar surface area (TPSA) is 16.1 Å². The van der Waals surface area contributed by atoms with Gasteiger partial charge in [-0.2, -0.15) is 4.39 Å². The third-order valence-electron chi connectivity index (χ3n) is 1.64. The molecule has 0 aliphatic rings. The highest BCUT2D eigenvalue weighted by molar-refractivity contribution is 7.77. The molecule has 0 unspecified atom stereocenters. The highest BCUT2D eigenvalue weighted by Gasteiger charge is 2.00. The fourth-order valence-electron chi connectivity index (χ4n) is 1.09. The first-order valence-corrected chi connectivity index (χ1v) is 4.66. The lowest BCUT2D eigenvalue weighted by atomic mass is 10.2. The van der Waals surface area contributed by atoms with E-state index in [-0.39, 0.29) is 0 Å². The van der Waals surface area contributed by atoms with Gasteiger partial charge in [0.05, 0.1) is 0 Å². The molecule has 2 nitrogen and oxygen atoms in total. The highest BCUT2D eigenvalue weighted by atomic mass is 32.1. The normalized spacial score (nSPS) is 10.8. The van der Waals surface area contributed by atoms with Crippen molar-refractivity contribution in [3.8, 4) is 0 Å². The van der Waals surface area contributed by atoms with Crippen molar-refractivity contribution in [1.29, 1.82) is 0 Å². The molecule has 0 aliphatic heterocycles. The third kappa shape index (κ3) is 3.74. The molecule has 13 heavy (non-hydrogen) atoms. The summed E-state index contributed by atoms with van der Waals surface area (Å²) in [5, 5.41) is 0. The Kier molecular flexibility index (Phi) is 4.18. The van der Waals surface area contributed by atoms with Crippen molar-refractivity contribution >= 4 is 12.8 Å². The monoisotopic (exact) mass is 200 g/mol. The first-order valence-electron chi connectivity index (χ1n) is 4.26. The molecule has 1 heterocycles. The van der Waals surface area contributed by atoms with E-state index in [1.54, 1.807) is 6.07 Å². The maximum Gasteiger partial charge on any atom is 0.213 e. The minimum Gasteiger partial charge on any atom is -0.249 e. The van der Waals surface area contributed by atoms with Crippen molar-refractivity contribution in [3.05, 3.63) is 29.8 Å². The van der Waals surface area contributed by atoms with Gasteiger partial charge in [0, 0.05) is 19.3 Å². The van der Waals surface area contributed by atoms with Gasteiger partial charge < -0.3 is 0 Å². The second-order valence-electron chi connectivity index (χ2n) is 2.87. The van der Waals surface area contributed by atoms with Crippen LogP contribution in [-0.2, 0) is 6.54 Å². The molecule has 4 heteroatoms. The molecule has 0 amide bonds. The van der Waals surface area contributed by atoms with E-state index in [2.05, 4.69) is 24.7 Å². The molecule has 0 fully saturated rings. The van der Waals surface area contributed by atoms with Gasteiger partial charge in [0.1, 0.15) is 0 Å². The smallest absolute Gasteiger partial charge is 0.213 e. The van der Waals surface area contributed by atoms with Gasteiger partial charge in [0.2, 0.25) is 5.95 Å². The zero-order valence-electron chi connectivity index (χ0n) is 7.57. The number of pyridine rings is 1. The van der Waals surface area contributed by atoms with Gasteiger partial charge >= 0.3 is 0 Å². The van der Waals surface area contributed by atoms with E-state index in [0.29, 0.717) is 6.54 Å². The minimum atomic E-state index is -0.435. The van der Waals surface area contributed by atoms with Crippen LogP contribution in [0, 0.1) is 5.95 Å². The van der Waals surface area contributed by atoms with E-state index in [9.17, 15) is 4.39 Å². The zero-order valence-corrected chi connectivity index (χ0v) is 8.47. The number of rotatable bonds is 4. The Morgan fingerprint density at radius 2 is 2.38 bits per heavy atom. The Bertz CT molecular complexity index is 268. The SMILES string of the molecule is CCCN(S)Cc1ccnc(F)c1. The predicted octanol–water partition coefficient (Wildman–Crippen LogP) is 2.28. The van der Waals surface area contributed by atoms with Crippen LogP contribution < -0.4 is 0 Å². The van der Waals surface area contributed by atoms with Crippen molar-refractivity contribution in [2.24, 2.45) is 0 Å². The molecule has 72 valence electrons. The fourth-order valence-corrected chi connectivity index (χ4v) is 1.45. The second kappa shape index (κ2) is 5.19. The molecular formula is C9H13FN2S. The number of thiol groups is 1. The van der Waals surface area contributed by atoms with Gasteiger partial charge in [-0.05, 0) is 24.1 Å². The van der Waals surface area contributed by atoms with Crippen molar-refractivity contribution < 1.29 is 4.39 Å². The van der Waals surface area contributed by atoms with Crippen LogP contribution in [0.15, 0.2) is 18.3 Å². The average Bonchev–Trinajstić information content (AvgIpc) is 2.04. The highest BCUT2D eigenvalue weighted by Crippen LogP contribution is 2.07. The summed E-state index contributed by atoms with van der Waals surface area (Å²) < 4.78 is 14.5. The Morgan fingerprint density at radius 3 is 3.00 bits per heavy atom. The molecule has 0 atom stereocenters. The molecule has 0 spiro atoms. The number of hydrogen-bond acceptors (Lipinski definition) is 3. The van der Waals surface area contributed by atoms with Crippen LogP contribution in [0.4, 0.5) is 4.39 Å². The van der Waals surface area contributed by atoms with Crippen molar-refractivity contribution in [2.75, 3.05) is 6.54 Å². The predicted molar refractivity (Wildman–Crippen MR) is 53.9 cm³/mol. The van der Waals surface area contributed by atoms with E-state index in [4.69, 9.17) is 0 Å². The van der Waals surface area contributed by atoms with Gasteiger partial charge in [0.15, 0.2) is 0 Å². The van der Waals surface area contributed by atoms with Gasteiger partial charge in [-0.15, -0.1) is 0 Å². The van der Waals surface area contributed by atoms with E-state index < -0.39 is 5.95 Å². The van der Waals surface area contributed by atoms with E-state index in [1.165, 1.54) is 12.3 Å². The first kappa shape index (κ1) is 10.5. The molecule has 1 rings (SSSR count). The van der Waals surface area contributed by atoms with Crippen molar-refractivity contribution in [1.82, 2.24) is 9.29 Å². The van der Waals surface area contributed by atoms with Crippen LogP contribution in [0.1, 0.15) is 18.9 Å². The second-order valence-corrected chi connectivity index (χ2v) is 3.44. The molecule has 0 saturated carbocycles. The molecule has 1 aromatic heterocycles. The van der Waals surface area contributed by atoms with Crippen LogP contribution >= 0.6 is 12.8 Å². The molecule has 0 aliphatic carbocycles. The summed E-state index contributed by atoms with van der Waals surface area (Å²) in [5.41, 5.74) is 0.899. The summed E-state index contributed by atoms with van der Waals surface area (Å²) in [5.74, 6) is -0.435. The Balaban J connectivity index is 2.53. The Labute approximate surface area is 83.3 Å². The largest absolute Gasteiger partial charge is 0.249 e. The summed E-state index contributed by atoms with van der Waals surface area (Å²) in [6, 6.07) is 3.22. The van der Waals surface area contributed by atoms with Gasteiger partial charge in [-0.25, -0.2) is 9.29 Å². The van der Waals surface area contributed by atoms with Crippen LogP contribution in [0.5, 0.6) is 0 Å². The van der Waals surface area contributed by atoms with Crippen LogP contribution in [0.2, 0.25) is 0 Å². The van der Waals surface area contributed by atoms with E-state index in [1.807, 2.05) is 4.31 Å². The van der Waals surface area contributed by atoms with Crippen LogP contribution in [0.3, 0.4) is 0 Å². The molecule has 0 aromatic carbocycles. The van der Waals surface area contributed by atoms with E-state index in [0.717, 1.165) is 18.5 Å². The molecule has 0 radical (unpaired) electrons. The van der Waals surface area contributed by atoms with Crippen LogP contribution in [-0.4, -0.2) is 15.8 Å². The quantitative estimate of drug-likeness (QED) is 0.593. The van der Waals surface area contributed by atoms with Crippen LogP contribution in [0.25, 0.3) is 0 Å². The number of halogens is 1. The number of nitrogens with zero attached hydrogens (tertiary/aromatic N) is 2. The van der Waals surface area contributed by atoms with E-state index >= 15 is 0 Å². The molecular weight excluding hydrogens is 187 g/mol. The fraction of sp³-hybridized carbons (Fsp3) is 0.444. The number of hydrogen-bond donors (Lipinski definition) is 1. The lowest BCUT2D eigenvalue weighted by Crippen LogP contribution is -2.12. The summed E-state index contributed by atoms with van der Waals surface area (Å²) in [6.45, 7) is 3.62. The summed E-state index contributed by atoms with van der Waals surface area (Å²) >= 11 is 4.25. The van der Waals surface area contributed by atoms with Crippen molar-refractivity contribution in [2.45, 2.75) is 19.9 Å². The Hall–Kier alpha value is -0.610. The summed E-state index contributed by atoms with van der Waals surface area (Å²) in [7, 11) is 0. The Morgan fingerprint density at radius 1 is 1.62 bits per heavy atom. The summed E-state index contributed by atoms with van der Waals surface area (Å²) in [6.07, 6.45) is 2.51. The minimum absolute atomic E-state index is 0.435. The lowest BCUT2D eigenvalue weighted by Gasteiger charge is -2.13. The lowest BCUT2D eigenvalue weighted by molar-refractivity contribution is 0.468. The summed E-state index contributed by atoms with van der Waals surface area (Å²) in [4.78, 5) is 3.48. The standard InChI is InChI=1S/C9H13FN2S/c1-2-5-12(13)7-8-3-4-11-9(10)6-8/h3-4,6,13H,2,5,7H2,1H3. The maximum absolute atomic E-state index is 12.6. The first-order chi connectivity index (χ1) is 6.22. The third-order valence-corrected chi connectivity index (χ3v) is 1.98. The zero-order chi connectivity index (χ0) is 9.68. The molecule has 0 saturated heterocycles. The maximum atomic E-state index is 12.6. The van der Waals surface area contributed by atoms with Gasteiger partial charge in [-0.3, -0.25) is 0 Å². The average molecular weight is 200 g/mol. The van der Waals surface area contributed by atoms with Gasteiger partial charge in [0.25, 0.3) is 0 Å². The number of aromatic nitrogens is 1. The molecule has 1 aromatic rings. The molecule has 0 N–H and O–H groups in total. The van der Waals surface area contributed by atoms with Gasteiger partial charge in [-0.1, -0.05) is 19.7 Å². The van der Waals surface area contributed by atoms with Crippen molar-refractivity contribution in [3.63, 3.8) is 0 Å².